The molecule has 0 atom stereocenters. The molecular formula is C19H21ClN6OS. The molecule has 1 aliphatic rings. The molecule has 2 heterocycles. The number of carbonyl (C=O) groups is 1. The number of halogens is 1. The summed E-state index contributed by atoms with van der Waals surface area (Å²) in [4.78, 5) is 20.9. The van der Waals surface area contributed by atoms with Gasteiger partial charge in [-0.1, -0.05) is 60.0 Å². The van der Waals surface area contributed by atoms with Crippen LogP contribution in [-0.2, 0) is 11.3 Å². The zero-order chi connectivity index (χ0) is 19.3. The van der Waals surface area contributed by atoms with Crippen molar-refractivity contribution in [2.75, 3.05) is 5.75 Å². The number of fused-ring (bicyclic) bond motifs is 1. The summed E-state index contributed by atoms with van der Waals surface area (Å²) in [7, 11) is 0. The van der Waals surface area contributed by atoms with Crippen molar-refractivity contribution in [1.82, 2.24) is 30.3 Å². The highest BCUT2D eigenvalue weighted by atomic mass is 35.5. The van der Waals surface area contributed by atoms with Gasteiger partial charge in [-0.05, 0) is 30.5 Å². The largest absolute Gasteiger partial charge is 0.353 e. The van der Waals surface area contributed by atoms with Crippen molar-refractivity contribution in [2.45, 2.75) is 49.7 Å². The maximum atomic E-state index is 12.3. The summed E-state index contributed by atoms with van der Waals surface area (Å²) in [6.45, 7) is 0.539. The van der Waals surface area contributed by atoms with Gasteiger partial charge in [0.25, 0.3) is 0 Å². The fraction of sp³-hybridized carbons (Fsp3) is 0.421. The van der Waals surface area contributed by atoms with Crippen LogP contribution in [0.3, 0.4) is 0 Å². The van der Waals surface area contributed by atoms with Gasteiger partial charge in [0.1, 0.15) is 11.4 Å². The molecule has 1 aromatic carbocycles. The molecule has 28 heavy (non-hydrogen) atoms. The Balaban J connectivity index is 1.42. The molecule has 0 radical (unpaired) electrons. The summed E-state index contributed by atoms with van der Waals surface area (Å²) >= 11 is 7.31. The molecule has 7 nitrogen and oxygen atoms in total. The lowest BCUT2D eigenvalue weighted by Crippen LogP contribution is -2.37. The lowest BCUT2D eigenvalue weighted by Gasteiger charge is -2.22. The number of carbonyl (C=O) groups excluding carboxylic acids is 1. The molecule has 0 aliphatic heterocycles. The first-order valence-corrected chi connectivity index (χ1v) is 10.8. The zero-order valence-corrected chi connectivity index (χ0v) is 16.9. The molecule has 0 bridgehead atoms. The van der Waals surface area contributed by atoms with E-state index < -0.39 is 0 Å². The zero-order valence-electron chi connectivity index (χ0n) is 15.3. The molecule has 3 aromatic rings. The molecule has 146 valence electrons. The molecule has 2 aromatic heterocycles. The number of rotatable bonds is 6. The standard InChI is InChI=1S/C19H21ClN6OS/c20-14-8-6-13(7-9-14)10-26-18-17(24-25-26)19(22-12-21-18)28-11-16(27)23-15-4-2-1-3-5-15/h6-9,12,15H,1-5,10-11H2,(H,23,27). The van der Waals surface area contributed by atoms with Gasteiger partial charge in [-0.2, -0.15) is 0 Å². The summed E-state index contributed by atoms with van der Waals surface area (Å²) in [5.41, 5.74) is 2.32. The second-order valence-electron chi connectivity index (χ2n) is 6.92. The highest BCUT2D eigenvalue weighted by Gasteiger charge is 2.17. The molecule has 1 N–H and O–H groups in total. The number of aromatic nitrogens is 5. The fourth-order valence-electron chi connectivity index (χ4n) is 3.40. The van der Waals surface area contributed by atoms with Crippen LogP contribution in [0.15, 0.2) is 35.6 Å². The quantitative estimate of drug-likeness (QED) is 0.489. The van der Waals surface area contributed by atoms with Gasteiger partial charge in [-0.15, -0.1) is 5.10 Å². The number of hydrogen-bond donors (Lipinski definition) is 1. The third kappa shape index (κ3) is 4.62. The van der Waals surface area contributed by atoms with Gasteiger partial charge in [0.15, 0.2) is 11.2 Å². The van der Waals surface area contributed by atoms with Gasteiger partial charge in [0.05, 0.1) is 12.3 Å². The van der Waals surface area contributed by atoms with E-state index in [1.807, 2.05) is 24.3 Å². The van der Waals surface area contributed by atoms with Crippen LogP contribution in [0.4, 0.5) is 0 Å². The summed E-state index contributed by atoms with van der Waals surface area (Å²) in [6.07, 6.45) is 7.31. The minimum atomic E-state index is 0.0391. The second kappa shape index (κ2) is 8.87. The molecule has 9 heteroatoms. The van der Waals surface area contributed by atoms with Gasteiger partial charge in [-0.25, -0.2) is 14.6 Å². The number of nitrogens with zero attached hydrogens (tertiary/aromatic N) is 5. The topological polar surface area (TPSA) is 85.6 Å². The molecular weight excluding hydrogens is 396 g/mol. The third-order valence-electron chi connectivity index (χ3n) is 4.82. The fourth-order valence-corrected chi connectivity index (χ4v) is 4.26. The Morgan fingerprint density at radius 2 is 1.96 bits per heavy atom. The first-order chi connectivity index (χ1) is 13.7. The van der Waals surface area contributed by atoms with Gasteiger partial charge < -0.3 is 5.32 Å². The predicted molar refractivity (Wildman–Crippen MR) is 109 cm³/mol. The van der Waals surface area contributed by atoms with Crippen molar-refractivity contribution < 1.29 is 4.79 Å². The van der Waals surface area contributed by atoms with E-state index in [4.69, 9.17) is 11.6 Å². The molecule has 1 aliphatic carbocycles. The van der Waals surface area contributed by atoms with Crippen LogP contribution in [0.5, 0.6) is 0 Å². The van der Waals surface area contributed by atoms with Crippen molar-refractivity contribution in [3.8, 4) is 0 Å². The van der Waals surface area contributed by atoms with E-state index in [2.05, 4.69) is 25.6 Å². The number of amides is 1. The van der Waals surface area contributed by atoms with Crippen molar-refractivity contribution in [1.29, 1.82) is 0 Å². The summed E-state index contributed by atoms with van der Waals surface area (Å²) < 4.78 is 1.73. The van der Waals surface area contributed by atoms with E-state index in [1.54, 1.807) is 4.68 Å². The number of nitrogens with one attached hydrogen (secondary N) is 1. The van der Waals surface area contributed by atoms with E-state index in [1.165, 1.54) is 37.4 Å². The number of hydrogen-bond acceptors (Lipinski definition) is 6. The first kappa shape index (κ1) is 19.1. The second-order valence-corrected chi connectivity index (χ2v) is 8.32. The molecule has 1 saturated carbocycles. The van der Waals surface area contributed by atoms with Gasteiger partial charge in [0, 0.05) is 11.1 Å². The van der Waals surface area contributed by atoms with Crippen LogP contribution in [0.2, 0.25) is 5.02 Å². The van der Waals surface area contributed by atoms with Crippen molar-refractivity contribution in [2.24, 2.45) is 0 Å². The average molecular weight is 417 g/mol. The molecule has 0 spiro atoms. The Hall–Kier alpha value is -2.19. The van der Waals surface area contributed by atoms with E-state index in [0.29, 0.717) is 39.6 Å². The van der Waals surface area contributed by atoms with Crippen molar-refractivity contribution >= 4 is 40.4 Å². The monoisotopic (exact) mass is 416 g/mol. The third-order valence-corrected chi connectivity index (χ3v) is 6.05. The van der Waals surface area contributed by atoms with E-state index in [0.717, 1.165) is 18.4 Å². The van der Waals surface area contributed by atoms with E-state index in [9.17, 15) is 4.79 Å². The Bertz CT molecular complexity index is 955. The minimum Gasteiger partial charge on any atom is -0.353 e. The summed E-state index contributed by atoms with van der Waals surface area (Å²) in [6, 6.07) is 7.89. The van der Waals surface area contributed by atoms with Crippen LogP contribution < -0.4 is 5.32 Å². The van der Waals surface area contributed by atoms with Crippen molar-refractivity contribution in [3.05, 3.63) is 41.2 Å². The lowest BCUT2D eigenvalue weighted by atomic mass is 9.95. The van der Waals surface area contributed by atoms with Crippen LogP contribution in [0.1, 0.15) is 37.7 Å². The lowest BCUT2D eigenvalue weighted by molar-refractivity contribution is -0.119. The van der Waals surface area contributed by atoms with Gasteiger partial charge >= 0.3 is 0 Å². The van der Waals surface area contributed by atoms with Crippen LogP contribution in [0, 0.1) is 0 Å². The molecule has 0 unspecified atom stereocenters. The average Bonchev–Trinajstić information content (AvgIpc) is 3.12. The van der Waals surface area contributed by atoms with E-state index in [-0.39, 0.29) is 5.91 Å². The predicted octanol–water partition coefficient (Wildman–Crippen LogP) is 3.46. The van der Waals surface area contributed by atoms with Gasteiger partial charge in [-0.3, -0.25) is 4.79 Å². The molecule has 1 amide bonds. The summed E-state index contributed by atoms with van der Waals surface area (Å²) in [5.74, 6) is 0.351. The Kier molecular flexibility index (Phi) is 6.07. The maximum absolute atomic E-state index is 12.3. The highest BCUT2D eigenvalue weighted by molar-refractivity contribution is 8.00. The Morgan fingerprint density at radius 3 is 2.75 bits per heavy atom. The van der Waals surface area contributed by atoms with Crippen LogP contribution in [0.25, 0.3) is 11.2 Å². The van der Waals surface area contributed by atoms with E-state index >= 15 is 0 Å². The van der Waals surface area contributed by atoms with Crippen molar-refractivity contribution in [3.63, 3.8) is 0 Å². The molecule has 0 saturated heterocycles. The normalized spacial score (nSPS) is 15.0. The van der Waals surface area contributed by atoms with Crippen LogP contribution in [-0.4, -0.2) is 42.7 Å². The molecule has 4 rings (SSSR count). The Morgan fingerprint density at radius 1 is 1.18 bits per heavy atom. The SMILES string of the molecule is O=C(CSc1ncnc2c1nnn2Cc1ccc(Cl)cc1)NC1CCCCC1. The molecule has 1 fully saturated rings. The maximum Gasteiger partial charge on any atom is 0.230 e. The van der Waals surface area contributed by atoms with Crippen LogP contribution >= 0.6 is 23.4 Å². The highest BCUT2D eigenvalue weighted by Crippen LogP contribution is 2.23. The minimum absolute atomic E-state index is 0.0391. The number of thioether (sulfide) groups is 1. The smallest absolute Gasteiger partial charge is 0.230 e. The summed E-state index contributed by atoms with van der Waals surface area (Å²) in [5, 5.41) is 12.9. The number of benzene rings is 1. The first-order valence-electron chi connectivity index (χ1n) is 9.40. The van der Waals surface area contributed by atoms with Gasteiger partial charge in [0.2, 0.25) is 5.91 Å². The Labute approximate surface area is 172 Å².